The van der Waals surface area contributed by atoms with Crippen molar-refractivity contribution in [3.63, 3.8) is 0 Å². The third-order valence-electron chi connectivity index (χ3n) is 4.06. The first-order valence-electron chi connectivity index (χ1n) is 8.26. The highest BCUT2D eigenvalue weighted by Crippen LogP contribution is 2.36. The smallest absolute Gasteiger partial charge is 0.344 e. The molecule has 0 radical (unpaired) electrons. The zero-order valence-electron chi connectivity index (χ0n) is 14.6. The van der Waals surface area contributed by atoms with Crippen LogP contribution in [0.1, 0.15) is 10.4 Å². The molecule has 0 spiro atoms. The van der Waals surface area contributed by atoms with Gasteiger partial charge in [0.15, 0.2) is 11.5 Å². The second kappa shape index (κ2) is 7.69. The molecule has 140 valence electrons. The summed E-state index contributed by atoms with van der Waals surface area (Å²) in [5, 5.41) is 0.696. The van der Waals surface area contributed by atoms with Gasteiger partial charge in [0, 0.05) is 16.1 Å². The summed E-state index contributed by atoms with van der Waals surface area (Å²) >= 11 is 4.78. The van der Waals surface area contributed by atoms with E-state index in [1.165, 1.54) is 30.6 Å². The first-order valence-corrected chi connectivity index (χ1v) is 9.87. The average molecular weight is 458 g/mol. The molecule has 0 saturated heterocycles. The Kier molecular flexibility index (Phi) is 5.11. The highest BCUT2D eigenvalue weighted by Gasteiger charge is 2.17. The van der Waals surface area contributed by atoms with Crippen LogP contribution in [0, 0.1) is 5.82 Å². The summed E-state index contributed by atoms with van der Waals surface area (Å²) in [6.07, 6.45) is 0. The van der Waals surface area contributed by atoms with E-state index in [9.17, 15) is 9.18 Å². The van der Waals surface area contributed by atoms with Gasteiger partial charge in [-0.15, -0.1) is 11.3 Å². The van der Waals surface area contributed by atoms with E-state index in [1.807, 2.05) is 12.1 Å². The SMILES string of the molecule is COc1ccc(-c2nc3cc(F)ccc3s2)cc1OC(=O)c1ccccc1Br. The van der Waals surface area contributed by atoms with E-state index in [1.54, 1.807) is 36.4 Å². The number of carbonyl (C=O) groups is 1. The lowest BCUT2D eigenvalue weighted by Gasteiger charge is -2.11. The van der Waals surface area contributed by atoms with Gasteiger partial charge in [0.25, 0.3) is 0 Å². The van der Waals surface area contributed by atoms with Crippen LogP contribution in [0.3, 0.4) is 0 Å². The van der Waals surface area contributed by atoms with Gasteiger partial charge in [-0.2, -0.15) is 0 Å². The Morgan fingerprint density at radius 2 is 1.89 bits per heavy atom. The van der Waals surface area contributed by atoms with Crippen molar-refractivity contribution >= 4 is 43.5 Å². The van der Waals surface area contributed by atoms with Crippen LogP contribution in [0.4, 0.5) is 4.39 Å². The Morgan fingerprint density at radius 1 is 1.07 bits per heavy atom. The third kappa shape index (κ3) is 3.63. The molecule has 0 aliphatic heterocycles. The zero-order valence-corrected chi connectivity index (χ0v) is 17.0. The van der Waals surface area contributed by atoms with E-state index < -0.39 is 5.97 Å². The predicted molar refractivity (Wildman–Crippen MR) is 111 cm³/mol. The highest BCUT2D eigenvalue weighted by molar-refractivity contribution is 9.10. The van der Waals surface area contributed by atoms with Crippen molar-refractivity contribution in [2.24, 2.45) is 0 Å². The number of hydrogen-bond donors (Lipinski definition) is 0. The molecular weight excluding hydrogens is 445 g/mol. The molecule has 1 heterocycles. The van der Waals surface area contributed by atoms with E-state index in [2.05, 4.69) is 20.9 Å². The Labute approximate surface area is 172 Å². The molecule has 1 aromatic heterocycles. The number of carbonyl (C=O) groups excluding carboxylic acids is 1. The summed E-state index contributed by atoms with van der Waals surface area (Å²) in [7, 11) is 1.51. The summed E-state index contributed by atoms with van der Waals surface area (Å²) in [6.45, 7) is 0. The number of aromatic nitrogens is 1. The molecule has 0 aliphatic carbocycles. The maximum atomic E-state index is 13.4. The number of halogens is 2. The average Bonchev–Trinajstić information content (AvgIpc) is 3.11. The van der Waals surface area contributed by atoms with Crippen LogP contribution in [0.25, 0.3) is 20.8 Å². The van der Waals surface area contributed by atoms with Crippen LogP contribution >= 0.6 is 27.3 Å². The first kappa shape index (κ1) is 18.6. The number of rotatable bonds is 4. The fourth-order valence-electron chi connectivity index (χ4n) is 2.70. The summed E-state index contributed by atoms with van der Waals surface area (Å²) in [5.74, 6) is -0.126. The van der Waals surface area contributed by atoms with Gasteiger partial charge < -0.3 is 9.47 Å². The van der Waals surface area contributed by atoms with Gasteiger partial charge in [-0.05, 0) is 58.4 Å². The van der Waals surface area contributed by atoms with Crippen molar-refractivity contribution in [1.29, 1.82) is 0 Å². The van der Waals surface area contributed by atoms with Gasteiger partial charge in [-0.25, -0.2) is 14.2 Å². The molecule has 0 aliphatic rings. The minimum Gasteiger partial charge on any atom is -0.493 e. The Bertz CT molecular complexity index is 1190. The summed E-state index contributed by atoms with van der Waals surface area (Å²) < 4.78 is 25.9. The standard InChI is InChI=1S/C21H13BrFNO3S/c1-26-17-8-6-12(20-24-16-11-13(23)7-9-19(16)28-20)10-18(17)27-21(25)14-4-2-3-5-15(14)22/h2-11H,1H3. The number of thiazole rings is 1. The lowest BCUT2D eigenvalue weighted by atomic mass is 10.2. The second-order valence-electron chi connectivity index (χ2n) is 5.87. The predicted octanol–water partition coefficient (Wildman–Crippen LogP) is 6.09. The largest absolute Gasteiger partial charge is 0.493 e. The van der Waals surface area contributed by atoms with Crippen molar-refractivity contribution in [1.82, 2.24) is 4.98 Å². The maximum Gasteiger partial charge on any atom is 0.344 e. The molecule has 0 N–H and O–H groups in total. The van der Waals surface area contributed by atoms with Crippen molar-refractivity contribution in [3.05, 3.63) is 76.5 Å². The molecule has 4 nitrogen and oxygen atoms in total. The number of fused-ring (bicyclic) bond motifs is 1. The molecule has 3 aromatic carbocycles. The Morgan fingerprint density at radius 3 is 2.68 bits per heavy atom. The first-order chi connectivity index (χ1) is 13.5. The molecular formula is C21H13BrFNO3S. The second-order valence-corrected chi connectivity index (χ2v) is 7.75. The van der Waals surface area contributed by atoms with Gasteiger partial charge in [-0.3, -0.25) is 0 Å². The van der Waals surface area contributed by atoms with Crippen LogP contribution in [-0.4, -0.2) is 18.1 Å². The normalized spacial score (nSPS) is 10.8. The molecule has 0 saturated carbocycles. The van der Waals surface area contributed by atoms with E-state index in [0.717, 1.165) is 10.3 Å². The number of benzene rings is 3. The summed E-state index contributed by atoms with van der Waals surface area (Å²) in [5.41, 5.74) is 1.74. The summed E-state index contributed by atoms with van der Waals surface area (Å²) in [4.78, 5) is 17.0. The van der Waals surface area contributed by atoms with Crippen LogP contribution < -0.4 is 9.47 Å². The van der Waals surface area contributed by atoms with E-state index in [4.69, 9.17) is 9.47 Å². The number of esters is 1. The molecule has 0 amide bonds. The van der Waals surface area contributed by atoms with Crippen molar-refractivity contribution in [3.8, 4) is 22.1 Å². The third-order valence-corrected chi connectivity index (χ3v) is 5.83. The van der Waals surface area contributed by atoms with E-state index >= 15 is 0 Å². The summed E-state index contributed by atoms with van der Waals surface area (Å²) in [6, 6.07) is 16.7. The minimum atomic E-state index is -0.505. The molecule has 0 fully saturated rings. The molecule has 4 aromatic rings. The Balaban J connectivity index is 1.71. The fourth-order valence-corrected chi connectivity index (χ4v) is 4.08. The van der Waals surface area contributed by atoms with Crippen LogP contribution in [0.5, 0.6) is 11.5 Å². The monoisotopic (exact) mass is 457 g/mol. The van der Waals surface area contributed by atoms with Crippen molar-refractivity contribution in [2.45, 2.75) is 0 Å². The van der Waals surface area contributed by atoms with Crippen molar-refractivity contribution in [2.75, 3.05) is 7.11 Å². The topological polar surface area (TPSA) is 48.4 Å². The number of hydrogen-bond acceptors (Lipinski definition) is 5. The van der Waals surface area contributed by atoms with Crippen LogP contribution in [-0.2, 0) is 0 Å². The van der Waals surface area contributed by atoms with Gasteiger partial charge in [-0.1, -0.05) is 12.1 Å². The number of methoxy groups -OCH3 is 1. The Hall–Kier alpha value is -2.77. The van der Waals surface area contributed by atoms with Gasteiger partial charge in [0.1, 0.15) is 10.8 Å². The molecule has 0 atom stereocenters. The minimum absolute atomic E-state index is 0.284. The van der Waals surface area contributed by atoms with Crippen LogP contribution in [0.2, 0.25) is 0 Å². The highest BCUT2D eigenvalue weighted by atomic mass is 79.9. The number of ether oxygens (including phenoxy) is 2. The van der Waals surface area contributed by atoms with Crippen LogP contribution in [0.15, 0.2) is 65.1 Å². The molecule has 7 heteroatoms. The van der Waals surface area contributed by atoms with E-state index in [0.29, 0.717) is 26.3 Å². The molecule has 0 bridgehead atoms. The number of nitrogens with zero attached hydrogens (tertiary/aromatic N) is 1. The van der Waals surface area contributed by atoms with Gasteiger partial charge >= 0.3 is 5.97 Å². The lowest BCUT2D eigenvalue weighted by Crippen LogP contribution is -2.10. The molecule has 28 heavy (non-hydrogen) atoms. The van der Waals surface area contributed by atoms with Gasteiger partial charge in [0.05, 0.1) is 22.9 Å². The van der Waals surface area contributed by atoms with Crippen molar-refractivity contribution < 1.29 is 18.7 Å². The lowest BCUT2D eigenvalue weighted by molar-refractivity contribution is 0.0729. The van der Waals surface area contributed by atoms with E-state index in [-0.39, 0.29) is 11.6 Å². The maximum absolute atomic E-state index is 13.4. The van der Waals surface area contributed by atoms with Gasteiger partial charge in [0.2, 0.25) is 0 Å². The molecule has 0 unspecified atom stereocenters. The molecule has 4 rings (SSSR count). The fraction of sp³-hybridized carbons (Fsp3) is 0.0476. The quantitative estimate of drug-likeness (QED) is 0.274. The zero-order chi connectivity index (χ0) is 19.7.